The van der Waals surface area contributed by atoms with Gasteiger partial charge in [0.1, 0.15) is 11.6 Å². The molecule has 0 atom stereocenters. The summed E-state index contributed by atoms with van der Waals surface area (Å²) in [6.07, 6.45) is 2.57. The monoisotopic (exact) mass is 265 g/mol. The predicted molar refractivity (Wildman–Crippen MR) is 71.5 cm³/mol. The van der Waals surface area contributed by atoms with E-state index in [1.807, 2.05) is 6.07 Å². The van der Waals surface area contributed by atoms with Gasteiger partial charge in [0.05, 0.1) is 16.6 Å². The second kappa shape index (κ2) is 4.17. The standard InChI is InChI=1S/C14H7N3O3/c15-4-7-3-8-1-2-9-12(11(8)16-5-7)17-6-10(13(9)18)14(19)20/h1-3,5-6H,(H,17,18)(H,19,20). The number of aromatic amines is 1. The van der Waals surface area contributed by atoms with Crippen LogP contribution in [-0.2, 0) is 0 Å². The minimum Gasteiger partial charge on any atom is -0.477 e. The van der Waals surface area contributed by atoms with E-state index in [4.69, 9.17) is 10.4 Å². The number of fused-ring (bicyclic) bond motifs is 3. The lowest BCUT2D eigenvalue weighted by molar-refractivity contribution is 0.0695. The zero-order chi connectivity index (χ0) is 14.3. The maximum atomic E-state index is 12.1. The highest BCUT2D eigenvalue weighted by Crippen LogP contribution is 2.20. The van der Waals surface area contributed by atoms with Gasteiger partial charge < -0.3 is 10.1 Å². The van der Waals surface area contributed by atoms with Gasteiger partial charge in [-0.25, -0.2) is 4.79 Å². The van der Waals surface area contributed by atoms with Crippen LogP contribution < -0.4 is 5.43 Å². The summed E-state index contributed by atoms with van der Waals surface area (Å²) >= 11 is 0. The van der Waals surface area contributed by atoms with E-state index in [0.29, 0.717) is 22.0 Å². The molecule has 0 saturated heterocycles. The van der Waals surface area contributed by atoms with E-state index in [1.165, 1.54) is 12.3 Å². The number of nitrogens with one attached hydrogen (secondary N) is 1. The summed E-state index contributed by atoms with van der Waals surface area (Å²) < 4.78 is 0. The first-order chi connectivity index (χ1) is 9.61. The zero-order valence-electron chi connectivity index (χ0n) is 10.0. The van der Waals surface area contributed by atoms with Crippen LogP contribution in [0.2, 0.25) is 0 Å². The molecule has 6 heteroatoms. The van der Waals surface area contributed by atoms with Gasteiger partial charge in [0.15, 0.2) is 0 Å². The van der Waals surface area contributed by atoms with E-state index in [1.54, 1.807) is 12.1 Å². The Morgan fingerprint density at radius 3 is 2.90 bits per heavy atom. The number of hydrogen-bond acceptors (Lipinski definition) is 4. The molecule has 0 radical (unpaired) electrons. The average molecular weight is 265 g/mol. The number of nitrogens with zero attached hydrogens (tertiary/aromatic N) is 2. The molecular weight excluding hydrogens is 258 g/mol. The van der Waals surface area contributed by atoms with Crippen molar-refractivity contribution in [2.75, 3.05) is 0 Å². The van der Waals surface area contributed by atoms with Crippen molar-refractivity contribution in [1.29, 1.82) is 5.26 Å². The molecule has 0 aliphatic rings. The summed E-state index contributed by atoms with van der Waals surface area (Å²) in [6, 6.07) is 6.83. The summed E-state index contributed by atoms with van der Waals surface area (Å²) in [5.74, 6) is -1.28. The fraction of sp³-hybridized carbons (Fsp3) is 0. The first-order valence-corrected chi connectivity index (χ1v) is 5.69. The van der Waals surface area contributed by atoms with Crippen LogP contribution in [0, 0.1) is 11.3 Å². The van der Waals surface area contributed by atoms with E-state index in [9.17, 15) is 9.59 Å². The topological polar surface area (TPSA) is 107 Å². The van der Waals surface area contributed by atoms with Gasteiger partial charge in [-0.05, 0) is 12.1 Å². The van der Waals surface area contributed by atoms with Crippen molar-refractivity contribution in [3.8, 4) is 6.07 Å². The number of benzene rings is 1. The molecule has 0 saturated carbocycles. The lowest BCUT2D eigenvalue weighted by Crippen LogP contribution is -2.15. The van der Waals surface area contributed by atoms with Crippen molar-refractivity contribution in [2.24, 2.45) is 0 Å². The molecule has 0 bridgehead atoms. The van der Waals surface area contributed by atoms with Crippen LogP contribution in [0.5, 0.6) is 0 Å². The molecule has 3 rings (SSSR count). The number of hydrogen-bond donors (Lipinski definition) is 2. The largest absolute Gasteiger partial charge is 0.477 e. The Morgan fingerprint density at radius 1 is 1.40 bits per heavy atom. The number of aromatic nitrogens is 2. The number of rotatable bonds is 1. The van der Waals surface area contributed by atoms with E-state index in [2.05, 4.69) is 9.97 Å². The van der Waals surface area contributed by atoms with Crippen LogP contribution in [-0.4, -0.2) is 21.0 Å². The van der Waals surface area contributed by atoms with E-state index < -0.39 is 11.4 Å². The number of carboxylic acids is 1. The Labute approximate surface area is 111 Å². The van der Waals surface area contributed by atoms with Crippen LogP contribution in [0.1, 0.15) is 15.9 Å². The molecule has 2 heterocycles. The maximum Gasteiger partial charge on any atom is 0.341 e. The Kier molecular flexibility index (Phi) is 2.48. The number of pyridine rings is 2. The van der Waals surface area contributed by atoms with Gasteiger partial charge in [0.2, 0.25) is 5.43 Å². The molecule has 0 aliphatic heterocycles. The predicted octanol–water partition coefficient (Wildman–Crippen LogP) is 1.65. The Morgan fingerprint density at radius 2 is 2.20 bits per heavy atom. The lowest BCUT2D eigenvalue weighted by Gasteiger charge is -2.04. The lowest BCUT2D eigenvalue weighted by atomic mass is 10.1. The van der Waals surface area contributed by atoms with E-state index >= 15 is 0 Å². The van der Waals surface area contributed by atoms with Crippen LogP contribution in [0.25, 0.3) is 21.8 Å². The van der Waals surface area contributed by atoms with Crippen molar-refractivity contribution in [3.05, 3.63) is 51.9 Å². The number of nitriles is 1. The molecule has 0 fully saturated rings. The minimum atomic E-state index is -1.28. The fourth-order valence-electron chi connectivity index (χ4n) is 2.11. The van der Waals surface area contributed by atoms with Crippen LogP contribution >= 0.6 is 0 Å². The van der Waals surface area contributed by atoms with Crippen LogP contribution in [0.3, 0.4) is 0 Å². The first kappa shape index (κ1) is 11.9. The molecule has 0 aliphatic carbocycles. The summed E-state index contributed by atoms with van der Waals surface area (Å²) in [7, 11) is 0. The van der Waals surface area contributed by atoms with Crippen molar-refractivity contribution in [3.63, 3.8) is 0 Å². The highest BCUT2D eigenvalue weighted by atomic mass is 16.4. The number of carboxylic acid groups (broad SMARTS) is 1. The molecule has 0 spiro atoms. The first-order valence-electron chi connectivity index (χ1n) is 5.69. The summed E-state index contributed by atoms with van der Waals surface area (Å²) in [5, 5.41) is 18.7. The summed E-state index contributed by atoms with van der Waals surface area (Å²) in [6.45, 7) is 0. The van der Waals surface area contributed by atoms with E-state index in [-0.39, 0.29) is 10.9 Å². The summed E-state index contributed by atoms with van der Waals surface area (Å²) in [4.78, 5) is 29.9. The number of aromatic carboxylic acids is 1. The Balaban J connectivity index is 2.45. The molecule has 20 heavy (non-hydrogen) atoms. The summed E-state index contributed by atoms with van der Waals surface area (Å²) in [5.41, 5.74) is 0.531. The second-order valence-corrected chi connectivity index (χ2v) is 4.23. The van der Waals surface area contributed by atoms with Gasteiger partial charge in [-0.15, -0.1) is 0 Å². The quantitative estimate of drug-likeness (QED) is 0.650. The highest BCUT2D eigenvalue weighted by Gasteiger charge is 2.13. The van der Waals surface area contributed by atoms with Crippen LogP contribution in [0.4, 0.5) is 0 Å². The molecule has 96 valence electrons. The molecule has 0 amide bonds. The van der Waals surface area contributed by atoms with Gasteiger partial charge in [-0.3, -0.25) is 9.78 Å². The molecule has 2 aromatic heterocycles. The highest BCUT2D eigenvalue weighted by molar-refractivity contribution is 6.04. The fourth-order valence-corrected chi connectivity index (χ4v) is 2.11. The maximum absolute atomic E-state index is 12.1. The third-order valence-electron chi connectivity index (χ3n) is 3.06. The molecule has 3 aromatic rings. The van der Waals surface area contributed by atoms with Gasteiger partial charge in [0.25, 0.3) is 0 Å². The molecule has 6 nitrogen and oxygen atoms in total. The number of H-pyrrole nitrogens is 1. The molecule has 0 unspecified atom stereocenters. The van der Waals surface area contributed by atoms with Crippen molar-refractivity contribution in [2.45, 2.75) is 0 Å². The molecule has 2 N–H and O–H groups in total. The smallest absolute Gasteiger partial charge is 0.341 e. The molecular formula is C14H7N3O3. The Hall–Kier alpha value is -3.20. The van der Waals surface area contributed by atoms with Crippen molar-refractivity contribution < 1.29 is 9.90 Å². The Bertz CT molecular complexity index is 967. The van der Waals surface area contributed by atoms with Crippen molar-refractivity contribution >= 4 is 27.8 Å². The van der Waals surface area contributed by atoms with Gasteiger partial charge >= 0.3 is 5.97 Å². The van der Waals surface area contributed by atoms with Crippen molar-refractivity contribution in [1.82, 2.24) is 9.97 Å². The third-order valence-corrected chi connectivity index (χ3v) is 3.06. The van der Waals surface area contributed by atoms with Gasteiger partial charge in [0, 0.05) is 23.2 Å². The minimum absolute atomic E-state index is 0.259. The van der Waals surface area contributed by atoms with Gasteiger partial charge in [-0.2, -0.15) is 5.26 Å². The molecule has 1 aromatic carbocycles. The average Bonchev–Trinajstić information content (AvgIpc) is 2.46. The number of carbonyl (C=O) groups is 1. The normalized spacial score (nSPS) is 10.6. The van der Waals surface area contributed by atoms with Gasteiger partial charge in [-0.1, -0.05) is 6.07 Å². The second-order valence-electron chi connectivity index (χ2n) is 4.23. The SMILES string of the molecule is N#Cc1cnc2c(ccc3c(=O)c(C(=O)O)c[nH]c32)c1. The van der Waals surface area contributed by atoms with E-state index in [0.717, 1.165) is 6.20 Å². The third kappa shape index (κ3) is 1.61. The van der Waals surface area contributed by atoms with Crippen LogP contribution in [0.15, 0.2) is 35.4 Å². The zero-order valence-corrected chi connectivity index (χ0v) is 10.0.